The van der Waals surface area contributed by atoms with Crippen molar-refractivity contribution >= 4 is 0 Å². The monoisotopic (exact) mass is 260 g/mol. The van der Waals surface area contributed by atoms with Gasteiger partial charge >= 0.3 is 6.18 Å². The predicted molar refractivity (Wildman–Crippen MR) is 66.4 cm³/mol. The maximum Gasteiger partial charge on any atom is 0.416 e. The van der Waals surface area contributed by atoms with Gasteiger partial charge in [0, 0.05) is 19.1 Å². The maximum absolute atomic E-state index is 12.4. The summed E-state index contributed by atoms with van der Waals surface area (Å²) < 4.78 is 37.2. The number of likely N-dealkylation sites (N-methyl/N-ethyl adjacent to an activating group) is 1. The molecule has 0 aliphatic heterocycles. The second kappa shape index (κ2) is 6.20. The molecule has 0 amide bonds. The third kappa shape index (κ3) is 4.66. The van der Waals surface area contributed by atoms with Crippen molar-refractivity contribution in [2.45, 2.75) is 19.1 Å². The van der Waals surface area contributed by atoms with E-state index in [2.05, 4.69) is 5.32 Å². The summed E-state index contributed by atoms with van der Waals surface area (Å²) in [6.45, 7) is 3.64. The SMILES string of the molecule is CC(NCCN(C)C)c1ccc(C(F)(F)F)cc1. The van der Waals surface area contributed by atoms with Gasteiger partial charge in [0.25, 0.3) is 0 Å². The minimum absolute atomic E-state index is 0.0484. The largest absolute Gasteiger partial charge is 0.416 e. The molecule has 0 aliphatic rings. The number of hydrogen-bond donors (Lipinski definition) is 1. The van der Waals surface area contributed by atoms with Gasteiger partial charge in [0.05, 0.1) is 5.56 Å². The Hall–Kier alpha value is -1.07. The molecule has 0 radical (unpaired) electrons. The van der Waals surface area contributed by atoms with E-state index >= 15 is 0 Å². The summed E-state index contributed by atoms with van der Waals surface area (Å²) in [5.41, 5.74) is 0.258. The molecule has 2 nitrogen and oxygen atoms in total. The van der Waals surface area contributed by atoms with Crippen LogP contribution in [0.25, 0.3) is 0 Å². The molecule has 1 aromatic rings. The molecule has 18 heavy (non-hydrogen) atoms. The summed E-state index contributed by atoms with van der Waals surface area (Å²) in [4.78, 5) is 2.05. The Kier molecular flexibility index (Phi) is 5.16. The Balaban J connectivity index is 2.56. The number of benzene rings is 1. The van der Waals surface area contributed by atoms with Crippen LogP contribution in [0.1, 0.15) is 24.1 Å². The highest BCUT2D eigenvalue weighted by atomic mass is 19.4. The Morgan fingerprint density at radius 1 is 1.17 bits per heavy atom. The maximum atomic E-state index is 12.4. The first-order chi connectivity index (χ1) is 8.30. The van der Waals surface area contributed by atoms with E-state index < -0.39 is 11.7 Å². The number of nitrogens with zero attached hydrogens (tertiary/aromatic N) is 1. The molecule has 0 saturated heterocycles. The molecule has 0 saturated carbocycles. The zero-order chi connectivity index (χ0) is 13.8. The molecule has 1 atom stereocenters. The van der Waals surface area contributed by atoms with Gasteiger partial charge in [0.1, 0.15) is 0 Å². The topological polar surface area (TPSA) is 15.3 Å². The van der Waals surface area contributed by atoms with Crippen molar-refractivity contribution in [2.75, 3.05) is 27.2 Å². The van der Waals surface area contributed by atoms with Crippen LogP contribution in [0.2, 0.25) is 0 Å². The third-order valence-electron chi connectivity index (χ3n) is 2.75. The van der Waals surface area contributed by atoms with Crippen LogP contribution in [0.15, 0.2) is 24.3 Å². The van der Waals surface area contributed by atoms with Gasteiger partial charge in [-0.3, -0.25) is 0 Å². The molecule has 1 N–H and O–H groups in total. The van der Waals surface area contributed by atoms with Crippen molar-refractivity contribution in [1.82, 2.24) is 10.2 Å². The lowest BCUT2D eigenvalue weighted by molar-refractivity contribution is -0.137. The van der Waals surface area contributed by atoms with Crippen molar-refractivity contribution in [1.29, 1.82) is 0 Å². The fraction of sp³-hybridized carbons (Fsp3) is 0.538. The summed E-state index contributed by atoms with van der Waals surface area (Å²) >= 11 is 0. The van der Waals surface area contributed by atoms with E-state index in [1.54, 1.807) is 0 Å². The standard InChI is InChI=1S/C13H19F3N2/c1-10(17-8-9-18(2)3)11-4-6-12(7-5-11)13(14,15)16/h4-7,10,17H,8-9H2,1-3H3. The second-order valence-corrected chi connectivity index (χ2v) is 4.60. The van der Waals surface area contributed by atoms with Crippen molar-refractivity contribution in [3.05, 3.63) is 35.4 Å². The van der Waals surface area contributed by atoms with Crippen molar-refractivity contribution in [3.8, 4) is 0 Å². The second-order valence-electron chi connectivity index (χ2n) is 4.60. The average molecular weight is 260 g/mol. The minimum Gasteiger partial charge on any atom is -0.309 e. The van der Waals surface area contributed by atoms with Crippen molar-refractivity contribution < 1.29 is 13.2 Å². The Morgan fingerprint density at radius 3 is 2.17 bits per heavy atom. The van der Waals surface area contributed by atoms with Crippen LogP contribution in [-0.4, -0.2) is 32.1 Å². The highest BCUT2D eigenvalue weighted by molar-refractivity contribution is 5.26. The lowest BCUT2D eigenvalue weighted by Crippen LogP contribution is -2.28. The van der Waals surface area contributed by atoms with Gasteiger partial charge in [-0.15, -0.1) is 0 Å². The predicted octanol–water partition coefficient (Wildman–Crippen LogP) is 2.92. The smallest absolute Gasteiger partial charge is 0.309 e. The highest BCUT2D eigenvalue weighted by Crippen LogP contribution is 2.29. The highest BCUT2D eigenvalue weighted by Gasteiger charge is 2.30. The van der Waals surface area contributed by atoms with Crippen molar-refractivity contribution in [2.24, 2.45) is 0 Å². The van der Waals surface area contributed by atoms with Crippen LogP contribution in [0, 0.1) is 0 Å². The number of hydrogen-bond acceptors (Lipinski definition) is 2. The first kappa shape index (κ1) is 15.0. The number of nitrogens with one attached hydrogen (secondary N) is 1. The Morgan fingerprint density at radius 2 is 1.72 bits per heavy atom. The molecule has 0 heterocycles. The number of halogens is 3. The molecule has 0 aliphatic carbocycles. The Bertz CT molecular complexity index is 357. The molecule has 5 heteroatoms. The van der Waals surface area contributed by atoms with Gasteiger partial charge in [-0.25, -0.2) is 0 Å². The molecule has 0 fully saturated rings. The van der Waals surface area contributed by atoms with Gasteiger partial charge < -0.3 is 10.2 Å². The van der Waals surface area contributed by atoms with E-state index in [1.807, 2.05) is 25.9 Å². The van der Waals surface area contributed by atoms with Crippen LogP contribution in [0.4, 0.5) is 13.2 Å². The Labute approximate surface area is 106 Å². The van der Waals surface area contributed by atoms with E-state index in [9.17, 15) is 13.2 Å². The molecular weight excluding hydrogens is 241 g/mol. The minimum atomic E-state index is -4.26. The summed E-state index contributed by atoms with van der Waals surface area (Å²) in [5.74, 6) is 0. The number of rotatable bonds is 5. The lowest BCUT2D eigenvalue weighted by atomic mass is 10.1. The van der Waals surface area contributed by atoms with Crippen LogP contribution in [0.5, 0.6) is 0 Å². The molecule has 0 bridgehead atoms. The van der Waals surface area contributed by atoms with E-state index in [0.717, 1.165) is 30.8 Å². The third-order valence-corrected chi connectivity index (χ3v) is 2.75. The zero-order valence-electron chi connectivity index (χ0n) is 10.9. The normalized spacial score (nSPS) is 13.9. The van der Waals surface area contributed by atoms with Gasteiger partial charge in [-0.1, -0.05) is 12.1 Å². The molecule has 0 spiro atoms. The summed E-state index contributed by atoms with van der Waals surface area (Å²) in [7, 11) is 3.95. The van der Waals surface area contributed by atoms with E-state index in [-0.39, 0.29) is 6.04 Å². The molecule has 1 unspecified atom stereocenters. The van der Waals surface area contributed by atoms with E-state index in [0.29, 0.717) is 0 Å². The van der Waals surface area contributed by atoms with Gasteiger partial charge in [0.15, 0.2) is 0 Å². The zero-order valence-corrected chi connectivity index (χ0v) is 10.9. The number of alkyl halides is 3. The summed E-state index contributed by atoms with van der Waals surface area (Å²) in [6, 6.07) is 5.35. The van der Waals surface area contributed by atoms with Crippen molar-refractivity contribution in [3.63, 3.8) is 0 Å². The van der Waals surface area contributed by atoms with Crippen LogP contribution in [0.3, 0.4) is 0 Å². The lowest BCUT2D eigenvalue weighted by Gasteiger charge is -2.17. The van der Waals surface area contributed by atoms with Crippen LogP contribution >= 0.6 is 0 Å². The van der Waals surface area contributed by atoms with Crippen LogP contribution in [-0.2, 0) is 6.18 Å². The summed E-state index contributed by atoms with van der Waals surface area (Å²) in [5, 5.41) is 3.27. The first-order valence-electron chi connectivity index (χ1n) is 5.86. The molecule has 0 aromatic heterocycles. The summed E-state index contributed by atoms with van der Waals surface area (Å²) in [6.07, 6.45) is -4.26. The fourth-order valence-electron chi connectivity index (χ4n) is 1.58. The molecule has 102 valence electrons. The molecule has 1 aromatic carbocycles. The van der Waals surface area contributed by atoms with Gasteiger partial charge in [0.2, 0.25) is 0 Å². The molecular formula is C13H19F3N2. The fourth-order valence-corrected chi connectivity index (χ4v) is 1.58. The van der Waals surface area contributed by atoms with Gasteiger partial charge in [-0.2, -0.15) is 13.2 Å². The van der Waals surface area contributed by atoms with Crippen LogP contribution < -0.4 is 5.32 Å². The quantitative estimate of drug-likeness (QED) is 0.875. The van der Waals surface area contributed by atoms with E-state index in [4.69, 9.17) is 0 Å². The van der Waals surface area contributed by atoms with Gasteiger partial charge in [-0.05, 0) is 38.7 Å². The van der Waals surface area contributed by atoms with E-state index in [1.165, 1.54) is 12.1 Å². The first-order valence-corrected chi connectivity index (χ1v) is 5.86. The molecule has 1 rings (SSSR count). The average Bonchev–Trinajstić information content (AvgIpc) is 2.27.